The summed E-state index contributed by atoms with van der Waals surface area (Å²) >= 11 is 0. The van der Waals surface area contributed by atoms with Crippen LogP contribution in [0.1, 0.15) is 11.6 Å². The summed E-state index contributed by atoms with van der Waals surface area (Å²) in [4.78, 5) is 12.2. The van der Waals surface area contributed by atoms with Crippen molar-refractivity contribution in [1.82, 2.24) is 35.2 Å². The maximum atomic E-state index is 4.58. The fourth-order valence-electron chi connectivity index (χ4n) is 2.82. The van der Waals surface area contributed by atoms with Gasteiger partial charge in [-0.25, -0.2) is 4.98 Å². The molecule has 0 unspecified atom stereocenters. The molecule has 4 rings (SSSR count). The van der Waals surface area contributed by atoms with Crippen LogP contribution < -0.4 is 10.6 Å². The molecule has 0 aliphatic heterocycles. The molecule has 4 aromatic rings. The van der Waals surface area contributed by atoms with E-state index in [4.69, 9.17) is 0 Å². The van der Waals surface area contributed by atoms with E-state index in [1.54, 1.807) is 7.05 Å². The molecule has 8 nitrogen and oxygen atoms in total. The number of H-pyrrole nitrogens is 1. The Labute approximate surface area is 173 Å². The molecule has 0 radical (unpaired) electrons. The molecule has 0 aliphatic rings. The van der Waals surface area contributed by atoms with Crippen LogP contribution in [-0.2, 0) is 13.0 Å². The lowest BCUT2D eigenvalue weighted by atomic mass is 10.3. The largest absolute Gasteiger partial charge is 0.356 e. The highest BCUT2D eigenvalue weighted by Gasteiger charge is 2.06. The van der Waals surface area contributed by atoms with Crippen LogP contribution in [0.4, 0.5) is 0 Å². The number of aromatic amines is 1. The molecule has 0 bridgehead atoms. The van der Waals surface area contributed by atoms with E-state index in [2.05, 4.69) is 35.8 Å². The van der Waals surface area contributed by atoms with E-state index >= 15 is 0 Å². The summed E-state index contributed by atoms with van der Waals surface area (Å²) in [6.45, 7) is 1.26. The molecule has 9 heteroatoms. The second-order valence-electron chi connectivity index (χ2n) is 5.85. The lowest BCUT2D eigenvalue weighted by molar-refractivity contribution is 0.749. The van der Waals surface area contributed by atoms with Crippen LogP contribution in [0.5, 0.6) is 0 Å². The van der Waals surface area contributed by atoms with Crippen LogP contribution in [0, 0.1) is 0 Å². The first-order valence-corrected chi connectivity index (χ1v) is 8.50. The van der Waals surface area contributed by atoms with Gasteiger partial charge in [0.05, 0.1) is 17.6 Å². The number of nitrogens with one attached hydrogen (secondary N) is 3. The maximum Gasteiger partial charge on any atom is 0.191 e. The van der Waals surface area contributed by atoms with E-state index < -0.39 is 0 Å². The predicted octanol–water partition coefficient (Wildman–Crippen LogP) is 2.13. The van der Waals surface area contributed by atoms with Gasteiger partial charge in [0.1, 0.15) is 5.82 Å². The number of guanidine groups is 1. The zero-order valence-electron chi connectivity index (χ0n) is 14.9. The van der Waals surface area contributed by atoms with Crippen LogP contribution in [0.3, 0.4) is 0 Å². The Balaban J connectivity index is 0.00000210. The zero-order chi connectivity index (χ0) is 17.8. The quantitative estimate of drug-likeness (QED) is 0.233. The summed E-state index contributed by atoms with van der Waals surface area (Å²) in [5, 5.41) is 14.9. The molecule has 0 spiro atoms. The standard InChI is InChI=1S/C18H20N8.HI/c1-19-18(21-12-17-25-24-16-8-4-5-11-26(16)17)20-10-9-15-22-13-6-2-3-7-14(13)23-15;/h2-8,11H,9-10,12H2,1H3,(H,22,23)(H2,19,20,21);1H. The van der Waals surface area contributed by atoms with Gasteiger partial charge in [-0.3, -0.25) is 9.39 Å². The van der Waals surface area contributed by atoms with Crippen molar-refractivity contribution in [1.29, 1.82) is 0 Å². The number of pyridine rings is 1. The first-order valence-electron chi connectivity index (χ1n) is 8.50. The highest BCUT2D eigenvalue weighted by molar-refractivity contribution is 14.0. The van der Waals surface area contributed by atoms with E-state index in [1.807, 2.05) is 53.1 Å². The van der Waals surface area contributed by atoms with E-state index in [0.29, 0.717) is 12.5 Å². The van der Waals surface area contributed by atoms with Gasteiger partial charge >= 0.3 is 0 Å². The molecule has 27 heavy (non-hydrogen) atoms. The second kappa shape index (κ2) is 8.80. The van der Waals surface area contributed by atoms with Gasteiger partial charge < -0.3 is 15.6 Å². The van der Waals surface area contributed by atoms with E-state index in [1.165, 1.54) is 0 Å². The van der Waals surface area contributed by atoms with Gasteiger partial charge in [-0.05, 0) is 24.3 Å². The summed E-state index contributed by atoms with van der Waals surface area (Å²) in [5.74, 6) is 2.51. The Kier molecular flexibility index (Phi) is 6.22. The number of para-hydroxylation sites is 2. The normalized spacial score (nSPS) is 11.5. The van der Waals surface area contributed by atoms with Crippen molar-refractivity contribution in [3.8, 4) is 0 Å². The van der Waals surface area contributed by atoms with Crippen LogP contribution >= 0.6 is 24.0 Å². The monoisotopic (exact) mass is 476 g/mol. The van der Waals surface area contributed by atoms with E-state index in [9.17, 15) is 0 Å². The minimum atomic E-state index is 0. The third-order valence-corrected chi connectivity index (χ3v) is 4.11. The average Bonchev–Trinajstić information content (AvgIpc) is 3.28. The first kappa shape index (κ1) is 19.1. The Hall–Kier alpha value is -2.69. The topological polar surface area (TPSA) is 95.3 Å². The molecule has 1 aromatic carbocycles. The van der Waals surface area contributed by atoms with Gasteiger partial charge in [-0.1, -0.05) is 18.2 Å². The average molecular weight is 476 g/mol. The fraction of sp³-hybridized carbons (Fsp3) is 0.222. The Bertz CT molecular complexity index is 1020. The van der Waals surface area contributed by atoms with Gasteiger partial charge in [-0.2, -0.15) is 0 Å². The van der Waals surface area contributed by atoms with Crippen LogP contribution in [0.2, 0.25) is 0 Å². The van der Waals surface area contributed by atoms with Crippen molar-refractivity contribution in [3.05, 3.63) is 60.3 Å². The SMILES string of the molecule is CN=C(NCCc1nc2ccccc2[nH]1)NCc1nnc2ccccn12.I. The summed E-state index contributed by atoms with van der Waals surface area (Å²) in [5.41, 5.74) is 2.88. The minimum absolute atomic E-state index is 0. The maximum absolute atomic E-state index is 4.58. The van der Waals surface area contributed by atoms with Gasteiger partial charge in [-0.15, -0.1) is 34.2 Å². The van der Waals surface area contributed by atoms with Gasteiger partial charge in [0.2, 0.25) is 0 Å². The van der Waals surface area contributed by atoms with Gasteiger partial charge in [0.15, 0.2) is 17.4 Å². The lowest BCUT2D eigenvalue weighted by Gasteiger charge is -2.10. The number of imidazole rings is 1. The highest BCUT2D eigenvalue weighted by atomic mass is 127. The van der Waals surface area contributed by atoms with E-state index in [-0.39, 0.29) is 24.0 Å². The van der Waals surface area contributed by atoms with Crippen molar-refractivity contribution in [2.45, 2.75) is 13.0 Å². The number of aliphatic imine (C=N–C) groups is 1. The molecule has 0 saturated heterocycles. The van der Waals surface area contributed by atoms with Crippen LogP contribution in [0.15, 0.2) is 53.7 Å². The van der Waals surface area contributed by atoms with Crippen LogP contribution in [0.25, 0.3) is 16.7 Å². The van der Waals surface area contributed by atoms with Gasteiger partial charge in [0.25, 0.3) is 0 Å². The smallest absolute Gasteiger partial charge is 0.191 e. The number of hydrogen-bond donors (Lipinski definition) is 3. The predicted molar refractivity (Wildman–Crippen MR) is 116 cm³/mol. The van der Waals surface area contributed by atoms with Crippen molar-refractivity contribution >= 4 is 46.6 Å². The van der Waals surface area contributed by atoms with Crippen LogP contribution in [-0.4, -0.2) is 44.1 Å². The molecular formula is C18H21IN8. The fourth-order valence-corrected chi connectivity index (χ4v) is 2.82. The highest BCUT2D eigenvalue weighted by Crippen LogP contribution is 2.10. The summed E-state index contributed by atoms with van der Waals surface area (Å²) < 4.78 is 1.95. The summed E-state index contributed by atoms with van der Waals surface area (Å²) in [7, 11) is 1.75. The summed E-state index contributed by atoms with van der Waals surface area (Å²) in [6, 6.07) is 13.9. The number of aromatic nitrogens is 5. The molecule has 0 atom stereocenters. The molecule has 0 fully saturated rings. The minimum Gasteiger partial charge on any atom is -0.356 e. The third-order valence-electron chi connectivity index (χ3n) is 4.11. The number of rotatable bonds is 5. The van der Waals surface area contributed by atoms with Gasteiger partial charge in [0, 0.05) is 26.2 Å². The second-order valence-corrected chi connectivity index (χ2v) is 5.85. The molecule has 3 heterocycles. The molecular weight excluding hydrogens is 455 g/mol. The first-order chi connectivity index (χ1) is 12.8. The van der Waals surface area contributed by atoms with Crippen molar-refractivity contribution in [2.75, 3.05) is 13.6 Å². The molecule has 140 valence electrons. The lowest BCUT2D eigenvalue weighted by Crippen LogP contribution is -2.38. The van der Waals surface area contributed by atoms with Crippen molar-refractivity contribution < 1.29 is 0 Å². The number of nitrogens with zero attached hydrogens (tertiary/aromatic N) is 5. The molecule has 0 aliphatic carbocycles. The van der Waals surface area contributed by atoms with E-state index in [0.717, 1.165) is 41.3 Å². The summed E-state index contributed by atoms with van der Waals surface area (Å²) in [6.07, 6.45) is 2.73. The Morgan fingerprint density at radius 1 is 1.11 bits per heavy atom. The third kappa shape index (κ3) is 4.35. The molecule has 3 N–H and O–H groups in total. The molecule has 0 amide bonds. The number of fused-ring (bicyclic) bond motifs is 2. The number of halogens is 1. The number of hydrogen-bond acceptors (Lipinski definition) is 4. The zero-order valence-corrected chi connectivity index (χ0v) is 17.2. The molecule has 3 aromatic heterocycles. The van der Waals surface area contributed by atoms with Crippen molar-refractivity contribution in [2.24, 2.45) is 4.99 Å². The Morgan fingerprint density at radius 2 is 1.96 bits per heavy atom. The van der Waals surface area contributed by atoms with Crippen molar-refractivity contribution in [3.63, 3.8) is 0 Å². The molecule has 0 saturated carbocycles. The number of benzene rings is 1. The Morgan fingerprint density at radius 3 is 2.81 bits per heavy atom.